The van der Waals surface area contributed by atoms with Gasteiger partial charge in [0.25, 0.3) is 0 Å². The highest BCUT2D eigenvalue weighted by Gasteiger charge is 2.89. The average Bonchev–Trinajstić information content (AvgIpc) is 2.87. The van der Waals surface area contributed by atoms with Crippen molar-refractivity contribution in [2.45, 2.75) is 18.3 Å². The van der Waals surface area contributed by atoms with Crippen LogP contribution in [0.25, 0.3) is 0 Å². The second-order valence-corrected chi connectivity index (χ2v) is 6.83. The fourth-order valence-corrected chi connectivity index (χ4v) is 7.27. The van der Waals surface area contributed by atoms with Crippen molar-refractivity contribution in [3.63, 3.8) is 0 Å². The van der Waals surface area contributed by atoms with Crippen molar-refractivity contribution in [3.05, 3.63) is 0 Å². The van der Waals surface area contributed by atoms with Gasteiger partial charge in [-0.25, -0.2) is 0 Å². The van der Waals surface area contributed by atoms with Gasteiger partial charge >= 0.3 is 0 Å². The van der Waals surface area contributed by atoms with Gasteiger partial charge in [0.1, 0.15) is 0 Å². The normalized spacial score (nSPS) is 74.4. The van der Waals surface area contributed by atoms with Gasteiger partial charge < -0.3 is 14.6 Å². The summed E-state index contributed by atoms with van der Waals surface area (Å²) >= 11 is 0. The third kappa shape index (κ3) is 0.485. The first-order valence-corrected chi connectivity index (χ1v) is 6.80. The van der Waals surface area contributed by atoms with E-state index in [9.17, 15) is 5.11 Å². The second kappa shape index (κ2) is 2.00. The molecule has 6 rings (SSSR count). The van der Waals surface area contributed by atoms with Crippen LogP contribution in [0.1, 0.15) is 6.42 Å². The molecule has 3 heteroatoms. The number of ether oxygens (including phenoxy) is 2. The first-order valence-electron chi connectivity index (χ1n) is 6.80. The second-order valence-electron chi connectivity index (χ2n) is 6.83. The largest absolute Gasteiger partial charge is 0.393 e. The first kappa shape index (κ1) is 8.06. The van der Waals surface area contributed by atoms with Crippen LogP contribution in [0.4, 0.5) is 0 Å². The molecule has 5 saturated carbocycles. The molecule has 0 aromatic rings. The molecule has 6 aliphatic rings. The standard InChI is InChI=1S/C13H16O3/c14-12-8-4-3-5-7-6(4)9(12)11(7)13(10(5)8)15-1-2-16-13/h4-12,14H,1-3H2/t4-,5+,6-,7+,8-,9+,10+,11+,12-/m0/s1. The van der Waals surface area contributed by atoms with Crippen LogP contribution < -0.4 is 0 Å². The molecule has 1 heterocycles. The molecule has 5 aliphatic carbocycles. The lowest BCUT2D eigenvalue weighted by Crippen LogP contribution is -2.59. The lowest BCUT2D eigenvalue weighted by molar-refractivity contribution is -0.277. The highest BCUT2D eigenvalue weighted by molar-refractivity contribution is 5.33. The lowest BCUT2D eigenvalue weighted by atomic mass is 9.57. The average molecular weight is 220 g/mol. The van der Waals surface area contributed by atoms with Crippen LogP contribution in [0, 0.1) is 47.3 Å². The SMILES string of the molecule is O[C@@H]1[C@@H]2[C@H]3[C@@H]4C[C@@H]5[C@H]3[C@H]2C2(OCCO2)[C@H]5[C@@H]14. The highest BCUT2D eigenvalue weighted by atomic mass is 16.7. The Morgan fingerprint density at radius 3 is 2.50 bits per heavy atom. The van der Waals surface area contributed by atoms with Crippen molar-refractivity contribution in [2.75, 3.05) is 13.2 Å². The van der Waals surface area contributed by atoms with Gasteiger partial charge in [0, 0.05) is 11.8 Å². The molecule has 1 spiro atoms. The summed E-state index contributed by atoms with van der Waals surface area (Å²) in [6, 6.07) is 0. The molecule has 6 fully saturated rings. The number of fused-ring (bicyclic) bond motifs is 4. The molecule has 1 N–H and O–H groups in total. The quantitative estimate of drug-likeness (QED) is 0.645. The Bertz CT molecular complexity index is 402. The van der Waals surface area contributed by atoms with E-state index in [2.05, 4.69) is 0 Å². The van der Waals surface area contributed by atoms with Crippen LogP contribution in [0.5, 0.6) is 0 Å². The van der Waals surface area contributed by atoms with Gasteiger partial charge in [0.15, 0.2) is 5.79 Å². The molecule has 0 amide bonds. The highest BCUT2D eigenvalue weighted by Crippen LogP contribution is 2.86. The molecular formula is C13H16O3. The summed E-state index contributed by atoms with van der Waals surface area (Å²) in [7, 11) is 0. The van der Waals surface area contributed by atoms with E-state index in [1.54, 1.807) is 0 Å². The molecule has 3 nitrogen and oxygen atoms in total. The van der Waals surface area contributed by atoms with Gasteiger partial charge in [0.2, 0.25) is 0 Å². The van der Waals surface area contributed by atoms with Gasteiger partial charge in [-0.2, -0.15) is 0 Å². The fourth-order valence-electron chi connectivity index (χ4n) is 7.27. The van der Waals surface area contributed by atoms with E-state index >= 15 is 0 Å². The monoisotopic (exact) mass is 220 g/mol. The van der Waals surface area contributed by atoms with Crippen molar-refractivity contribution in [3.8, 4) is 0 Å². The Balaban J connectivity index is 1.64. The molecular weight excluding hydrogens is 204 g/mol. The summed E-state index contributed by atoms with van der Waals surface area (Å²) in [6.07, 6.45) is 1.34. The van der Waals surface area contributed by atoms with Crippen molar-refractivity contribution >= 4 is 0 Å². The zero-order valence-electron chi connectivity index (χ0n) is 9.08. The van der Waals surface area contributed by atoms with Crippen molar-refractivity contribution in [1.82, 2.24) is 0 Å². The van der Waals surface area contributed by atoms with Crippen LogP contribution in [0.2, 0.25) is 0 Å². The predicted molar refractivity (Wildman–Crippen MR) is 53.2 cm³/mol. The summed E-state index contributed by atoms with van der Waals surface area (Å²) < 4.78 is 12.2. The van der Waals surface area contributed by atoms with E-state index < -0.39 is 0 Å². The Kier molecular flexibility index (Phi) is 1.01. The summed E-state index contributed by atoms with van der Waals surface area (Å²) in [5.41, 5.74) is 0. The zero-order chi connectivity index (χ0) is 10.2. The Morgan fingerprint density at radius 1 is 0.875 bits per heavy atom. The number of aliphatic hydroxyl groups excluding tert-OH is 1. The zero-order valence-corrected chi connectivity index (χ0v) is 9.08. The molecule has 2 bridgehead atoms. The summed E-state index contributed by atoms with van der Waals surface area (Å²) in [4.78, 5) is 0. The molecule has 1 saturated heterocycles. The lowest BCUT2D eigenvalue weighted by Gasteiger charge is -2.52. The molecule has 86 valence electrons. The van der Waals surface area contributed by atoms with E-state index in [1.807, 2.05) is 0 Å². The summed E-state index contributed by atoms with van der Waals surface area (Å²) in [6.45, 7) is 1.55. The third-order valence-corrected chi connectivity index (χ3v) is 7.08. The fraction of sp³-hybridized carbons (Fsp3) is 1.00. The minimum absolute atomic E-state index is 0.0211. The van der Waals surface area contributed by atoms with Crippen LogP contribution in [0.15, 0.2) is 0 Å². The number of hydrogen-bond donors (Lipinski definition) is 1. The summed E-state index contributed by atoms with van der Waals surface area (Å²) in [5.74, 6) is 5.26. The number of hydrogen-bond acceptors (Lipinski definition) is 3. The number of aliphatic hydroxyl groups is 1. The minimum atomic E-state index is -0.231. The van der Waals surface area contributed by atoms with E-state index in [1.165, 1.54) is 6.42 Å². The maximum atomic E-state index is 10.4. The molecule has 0 unspecified atom stereocenters. The number of rotatable bonds is 0. The van der Waals surface area contributed by atoms with E-state index in [-0.39, 0.29) is 11.9 Å². The molecule has 0 radical (unpaired) electrons. The third-order valence-electron chi connectivity index (χ3n) is 7.08. The van der Waals surface area contributed by atoms with E-state index in [0.29, 0.717) is 23.7 Å². The molecule has 0 aromatic carbocycles. The van der Waals surface area contributed by atoms with E-state index in [0.717, 1.165) is 36.9 Å². The van der Waals surface area contributed by atoms with Gasteiger partial charge in [-0.1, -0.05) is 0 Å². The minimum Gasteiger partial charge on any atom is -0.393 e. The Labute approximate surface area is 94.1 Å². The van der Waals surface area contributed by atoms with Gasteiger partial charge in [0.05, 0.1) is 19.3 Å². The van der Waals surface area contributed by atoms with Gasteiger partial charge in [-0.15, -0.1) is 0 Å². The van der Waals surface area contributed by atoms with Crippen LogP contribution in [0.3, 0.4) is 0 Å². The topological polar surface area (TPSA) is 38.7 Å². The van der Waals surface area contributed by atoms with Crippen LogP contribution in [-0.2, 0) is 9.47 Å². The Morgan fingerprint density at radius 2 is 1.69 bits per heavy atom. The molecule has 9 atom stereocenters. The van der Waals surface area contributed by atoms with Crippen LogP contribution in [-0.4, -0.2) is 30.2 Å². The maximum absolute atomic E-state index is 10.4. The van der Waals surface area contributed by atoms with Crippen molar-refractivity contribution < 1.29 is 14.6 Å². The van der Waals surface area contributed by atoms with Crippen LogP contribution >= 0.6 is 0 Å². The Hall–Kier alpha value is -0.120. The smallest absolute Gasteiger partial charge is 0.175 e. The van der Waals surface area contributed by atoms with Gasteiger partial charge in [-0.05, 0) is 41.9 Å². The molecule has 0 aromatic heterocycles. The maximum Gasteiger partial charge on any atom is 0.175 e. The van der Waals surface area contributed by atoms with Crippen molar-refractivity contribution in [2.24, 2.45) is 47.3 Å². The molecule has 16 heavy (non-hydrogen) atoms. The van der Waals surface area contributed by atoms with E-state index in [4.69, 9.17) is 9.47 Å². The molecule has 1 aliphatic heterocycles. The van der Waals surface area contributed by atoms with Crippen molar-refractivity contribution in [1.29, 1.82) is 0 Å². The first-order chi connectivity index (χ1) is 7.84. The summed E-state index contributed by atoms with van der Waals surface area (Å²) in [5, 5.41) is 10.4. The predicted octanol–water partition coefficient (Wildman–Crippen LogP) is 0.478. The van der Waals surface area contributed by atoms with Gasteiger partial charge in [-0.3, -0.25) is 0 Å².